The van der Waals surface area contributed by atoms with E-state index in [2.05, 4.69) is 15.5 Å². The number of sulfonamides is 1. The Morgan fingerprint density at radius 1 is 0.914 bits per heavy atom. The minimum Gasteiger partial charge on any atom is -0.451 e. The van der Waals surface area contributed by atoms with Gasteiger partial charge >= 0.3 is 6.01 Å². The predicted molar refractivity (Wildman–Crippen MR) is 131 cm³/mol. The number of aromatic nitrogens is 2. The van der Waals surface area contributed by atoms with Crippen LogP contribution in [-0.4, -0.2) is 31.1 Å². The van der Waals surface area contributed by atoms with E-state index in [0.29, 0.717) is 17.0 Å². The average molecular weight is 489 g/mol. The van der Waals surface area contributed by atoms with Crippen molar-refractivity contribution in [3.05, 3.63) is 90.5 Å². The van der Waals surface area contributed by atoms with Crippen LogP contribution in [0.25, 0.3) is 22.6 Å². The van der Waals surface area contributed by atoms with E-state index in [9.17, 15) is 13.2 Å². The molecular weight excluding hydrogens is 468 g/mol. The van der Waals surface area contributed by atoms with Gasteiger partial charge < -0.3 is 8.83 Å². The summed E-state index contributed by atoms with van der Waals surface area (Å²) in [5.74, 6) is -0.0182. The third-order valence-corrected chi connectivity index (χ3v) is 7.23. The van der Waals surface area contributed by atoms with E-state index in [4.69, 9.17) is 8.83 Å². The number of amides is 1. The number of rotatable bonds is 7. The molecule has 1 N–H and O–H groups in total. The zero-order chi connectivity index (χ0) is 24.4. The molecule has 0 aliphatic carbocycles. The lowest BCUT2D eigenvalue weighted by Crippen LogP contribution is -2.30. The predicted octanol–water partition coefficient (Wildman–Crippen LogP) is 4.95. The van der Waals surface area contributed by atoms with Crippen molar-refractivity contribution in [2.45, 2.75) is 11.8 Å². The van der Waals surface area contributed by atoms with Gasteiger partial charge in [-0.25, -0.2) is 8.42 Å². The van der Waals surface area contributed by atoms with Crippen LogP contribution in [0.5, 0.6) is 0 Å². The molecule has 0 aliphatic rings. The van der Waals surface area contributed by atoms with Crippen LogP contribution in [0.15, 0.2) is 98.7 Å². The molecule has 0 atom stereocenters. The molecule has 0 spiro atoms. The summed E-state index contributed by atoms with van der Waals surface area (Å²) in [7, 11) is -3.79. The first-order valence-electron chi connectivity index (χ1n) is 10.8. The van der Waals surface area contributed by atoms with Gasteiger partial charge in [-0.15, -0.1) is 5.10 Å². The Bertz CT molecular complexity index is 1560. The van der Waals surface area contributed by atoms with Gasteiger partial charge in [-0.05, 0) is 55.5 Å². The maximum Gasteiger partial charge on any atom is 0.322 e. The normalized spacial score (nSPS) is 11.5. The number of carbonyl (C=O) groups excluding carboxylic acids is 1. The summed E-state index contributed by atoms with van der Waals surface area (Å²) in [6.45, 7) is 2.02. The number of para-hydroxylation sites is 2. The van der Waals surface area contributed by atoms with Gasteiger partial charge in [0, 0.05) is 17.5 Å². The second kappa shape index (κ2) is 9.07. The van der Waals surface area contributed by atoms with Crippen LogP contribution >= 0.6 is 0 Å². The van der Waals surface area contributed by atoms with E-state index in [1.165, 1.54) is 28.6 Å². The lowest BCUT2D eigenvalue weighted by Gasteiger charge is -2.22. The molecule has 35 heavy (non-hydrogen) atoms. The first kappa shape index (κ1) is 22.4. The zero-order valence-corrected chi connectivity index (χ0v) is 19.4. The molecule has 0 fully saturated rings. The van der Waals surface area contributed by atoms with Crippen molar-refractivity contribution in [2.24, 2.45) is 0 Å². The second-order valence-corrected chi connectivity index (χ2v) is 9.41. The van der Waals surface area contributed by atoms with E-state index < -0.39 is 15.9 Å². The van der Waals surface area contributed by atoms with Crippen LogP contribution in [0.1, 0.15) is 17.3 Å². The Morgan fingerprint density at radius 2 is 1.63 bits per heavy atom. The number of furan rings is 1. The van der Waals surface area contributed by atoms with E-state index in [1.54, 1.807) is 37.3 Å². The first-order valence-corrected chi connectivity index (χ1v) is 12.2. The van der Waals surface area contributed by atoms with Gasteiger partial charge in [0.2, 0.25) is 0 Å². The highest BCUT2D eigenvalue weighted by atomic mass is 32.2. The molecule has 0 saturated heterocycles. The fourth-order valence-electron chi connectivity index (χ4n) is 3.62. The van der Waals surface area contributed by atoms with Gasteiger partial charge in [-0.3, -0.25) is 14.4 Å². The minimum absolute atomic E-state index is 0.0738. The third kappa shape index (κ3) is 4.38. The Hall–Kier alpha value is -4.44. The molecule has 0 saturated carbocycles. The maximum atomic E-state index is 13.1. The van der Waals surface area contributed by atoms with E-state index in [1.807, 2.05) is 30.3 Å². The van der Waals surface area contributed by atoms with Crippen molar-refractivity contribution < 1.29 is 22.0 Å². The molecular formula is C25H20N4O5S. The summed E-state index contributed by atoms with van der Waals surface area (Å²) in [5.41, 5.74) is 1.47. The fourth-order valence-corrected chi connectivity index (χ4v) is 5.09. The number of fused-ring (bicyclic) bond motifs is 1. The molecule has 1 amide bonds. The van der Waals surface area contributed by atoms with Crippen LogP contribution in [0.4, 0.5) is 11.7 Å². The van der Waals surface area contributed by atoms with Crippen LogP contribution < -0.4 is 9.62 Å². The SMILES string of the molecule is CCN(c1ccccc1)S(=O)(=O)c1ccc(C(=O)Nc2nnc(-c3cc4ccccc4o3)o2)cc1. The molecule has 0 radical (unpaired) electrons. The fraction of sp³-hybridized carbons (Fsp3) is 0.0800. The lowest BCUT2D eigenvalue weighted by molar-refractivity contribution is 0.102. The van der Waals surface area contributed by atoms with Gasteiger partial charge in [0.15, 0.2) is 5.76 Å². The number of nitrogens with one attached hydrogen (secondary N) is 1. The standard InChI is InChI=1S/C25H20N4O5S/c1-2-29(19-9-4-3-5-10-19)35(31,32)20-14-12-17(13-15-20)23(30)26-25-28-27-24(34-25)22-16-18-8-6-7-11-21(18)33-22/h3-16H,2H2,1H3,(H,26,28,30). The summed E-state index contributed by atoms with van der Waals surface area (Å²) in [4.78, 5) is 12.7. The molecule has 0 unspecified atom stereocenters. The third-order valence-electron chi connectivity index (χ3n) is 5.32. The van der Waals surface area contributed by atoms with Crippen LogP contribution in [-0.2, 0) is 10.0 Å². The van der Waals surface area contributed by atoms with Crippen molar-refractivity contribution in [1.82, 2.24) is 10.2 Å². The molecule has 176 valence electrons. The van der Waals surface area contributed by atoms with Crippen molar-refractivity contribution in [3.8, 4) is 11.7 Å². The second-order valence-electron chi connectivity index (χ2n) is 7.54. The molecule has 2 aromatic heterocycles. The van der Waals surface area contributed by atoms with Crippen molar-refractivity contribution in [3.63, 3.8) is 0 Å². The maximum absolute atomic E-state index is 13.1. The van der Waals surface area contributed by atoms with E-state index in [-0.39, 0.29) is 28.9 Å². The molecule has 5 aromatic rings. The lowest BCUT2D eigenvalue weighted by atomic mass is 10.2. The van der Waals surface area contributed by atoms with Crippen molar-refractivity contribution in [1.29, 1.82) is 0 Å². The van der Waals surface area contributed by atoms with Gasteiger partial charge in [-0.2, -0.15) is 0 Å². The molecule has 2 heterocycles. The Morgan fingerprint density at radius 3 is 2.34 bits per heavy atom. The molecule has 0 aliphatic heterocycles. The Kier molecular flexibility index (Phi) is 5.79. The number of carbonyl (C=O) groups is 1. The summed E-state index contributed by atoms with van der Waals surface area (Å²) in [6, 6.07) is 23.6. The number of anilines is 2. The Balaban J connectivity index is 1.31. The largest absolute Gasteiger partial charge is 0.451 e. The summed E-state index contributed by atoms with van der Waals surface area (Å²) < 4.78 is 38.8. The highest BCUT2D eigenvalue weighted by Crippen LogP contribution is 2.28. The zero-order valence-electron chi connectivity index (χ0n) is 18.6. The highest BCUT2D eigenvalue weighted by molar-refractivity contribution is 7.92. The first-order chi connectivity index (χ1) is 17.0. The topological polar surface area (TPSA) is 119 Å². The molecule has 9 nitrogen and oxygen atoms in total. The summed E-state index contributed by atoms with van der Waals surface area (Å²) in [6.07, 6.45) is 0. The number of benzene rings is 3. The molecule has 3 aromatic carbocycles. The number of nitrogens with zero attached hydrogens (tertiary/aromatic N) is 3. The molecule has 0 bridgehead atoms. The molecule has 10 heteroatoms. The smallest absolute Gasteiger partial charge is 0.322 e. The van der Waals surface area contributed by atoms with Crippen molar-refractivity contribution >= 4 is 38.6 Å². The highest BCUT2D eigenvalue weighted by Gasteiger charge is 2.24. The minimum atomic E-state index is -3.79. The Labute approximate surface area is 201 Å². The van der Waals surface area contributed by atoms with Gasteiger partial charge in [0.25, 0.3) is 21.8 Å². The monoisotopic (exact) mass is 488 g/mol. The quantitative estimate of drug-likeness (QED) is 0.344. The summed E-state index contributed by atoms with van der Waals surface area (Å²) in [5, 5.41) is 11.2. The van der Waals surface area contributed by atoms with Crippen LogP contribution in [0, 0.1) is 0 Å². The molecule has 5 rings (SSSR count). The van der Waals surface area contributed by atoms with Crippen LogP contribution in [0.3, 0.4) is 0 Å². The van der Waals surface area contributed by atoms with Crippen LogP contribution in [0.2, 0.25) is 0 Å². The average Bonchev–Trinajstić information content (AvgIpc) is 3.52. The number of hydrogen-bond donors (Lipinski definition) is 1. The van der Waals surface area contributed by atoms with Gasteiger partial charge in [0.1, 0.15) is 5.58 Å². The number of hydrogen-bond acceptors (Lipinski definition) is 7. The van der Waals surface area contributed by atoms with E-state index in [0.717, 1.165) is 5.39 Å². The van der Waals surface area contributed by atoms with Crippen molar-refractivity contribution in [2.75, 3.05) is 16.2 Å². The van der Waals surface area contributed by atoms with Gasteiger partial charge in [0.05, 0.1) is 10.6 Å². The van der Waals surface area contributed by atoms with E-state index >= 15 is 0 Å². The summed E-state index contributed by atoms with van der Waals surface area (Å²) >= 11 is 0. The van der Waals surface area contributed by atoms with Gasteiger partial charge in [-0.1, -0.05) is 41.5 Å².